The minimum atomic E-state index is 0.771. The van der Waals surface area contributed by atoms with E-state index in [1.54, 1.807) is 0 Å². The van der Waals surface area contributed by atoms with Crippen LogP contribution in [0.25, 0.3) is 0 Å². The van der Waals surface area contributed by atoms with Crippen molar-refractivity contribution in [2.45, 2.75) is 13.3 Å². The van der Waals surface area contributed by atoms with Crippen LogP contribution in [0.4, 0.5) is 0 Å². The van der Waals surface area contributed by atoms with Gasteiger partial charge in [-0.3, -0.25) is 4.99 Å². The van der Waals surface area contributed by atoms with Crippen LogP contribution >= 0.6 is 27.5 Å². The van der Waals surface area contributed by atoms with E-state index in [1.165, 1.54) is 0 Å². The summed E-state index contributed by atoms with van der Waals surface area (Å²) in [7, 11) is 0. The van der Waals surface area contributed by atoms with Gasteiger partial charge in [0.05, 0.1) is 0 Å². The van der Waals surface area contributed by atoms with Crippen LogP contribution in [0, 0.1) is 0 Å². The summed E-state index contributed by atoms with van der Waals surface area (Å²) in [6.07, 6.45) is 1.06. The van der Waals surface area contributed by atoms with Crippen molar-refractivity contribution in [2.75, 3.05) is 11.9 Å². The van der Waals surface area contributed by atoms with Gasteiger partial charge in [-0.05, 0) is 19.4 Å². The molecule has 76 valence electrons. The summed E-state index contributed by atoms with van der Waals surface area (Å²) in [5.41, 5.74) is 2.04. The molecule has 1 aromatic rings. The zero-order chi connectivity index (χ0) is 10.4. The van der Waals surface area contributed by atoms with Crippen LogP contribution in [-0.4, -0.2) is 17.6 Å². The first-order chi connectivity index (χ1) is 6.75. The third kappa shape index (κ3) is 3.43. The third-order valence-electron chi connectivity index (χ3n) is 1.90. The fraction of sp³-hybridized carbons (Fsp3) is 0.364. The highest BCUT2D eigenvalue weighted by Crippen LogP contribution is 2.15. The average molecular weight is 275 g/mol. The van der Waals surface area contributed by atoms with Gasteiger partial charge in [-0.25, -0.2) is 0 Å². The Morgan fingerprint density at radius 2 is 2.14 bits per heavy atom. The van der Waals surface area contributed by atoms with Crippen molar-refractivity contribution in [1.29, 1.82) is 0 Å². The maximum absolute atomic E-state index is 6.04. The summed E-state index contributed by atoms with van der Waals surface area (Å²) >= 11 is 9.42. The van der Waals surface area contributed by atoms with Gasteiger partial charge in [-0.1, -0.05) is 45.7 Å². The van der Waals surface area contributed by atoms with Gasteiger partial charge >= 0.3 is 0 Å². The molecule has 0 aliphatic rings. The average Bonchev–Trinajstić information content (AvgIpc) is 2.18. The van der Waals surface area contributed by atoms with Crippen LogP contribution in [0.3, 0.4) is 0 Å². The molecule has 0 heterocycles. The molecule has 1 aromatic carbocycles. The van der Waals surface area contributed by atoms with Crippen molar-refractivity contribution in [1.82, 2.24) is 0 Å². The predicted molar refractivity (Wildman–Crippen MR) is 66.9 cm³/mol. The van der Waals surface area contributed by atoms with Gasteiger partial charge < -0.3 is 0 Å². The van der Waals surface area contributed by atoms with E-state index in [0.29, 0.717) is 0 Å². The maximum atomic E-state index is 6.04. The number of halogens is 2. The van der Waals surface area contributed by atoms with E-state index in [0.717, 1.165) is 34.6 Å². The van der Waals surface area contributed by atoms with E-state index in [1.807, 2.05) is 31.2 Å². The number of alkyl halides is 1. The molecule has 0 spiro atoms. The van der Waals surface area contributed by atoms with Gasteiger partial charge in [0.2, 0.25) is 0 Å². The smallest absolute Gasteiger partial charge is 0.0496 e. The fourth-order valence-electron chi connectivity index (χ4n) is 1.15. The molecular formula is C11H13BrClN. The van der Waals surface area contributed by atoms with Crippen molar-refractivity contribution in [3.8, 4) is 0 Å². The van der Waals surface area contributed by atoms with Gasteiger partial charge in [0.1, 0.15) is 0 Å². The molecule has 0 amide bonds. The standard InChI is InChI=1S/C11H13BrClN/c1-9(14-8-4-7-12)10-5-2-3-6-11(10)13/h2-3,5-6H,4,7-8H2,1H3/b14-9+. The molecule has 0 aliphatic heterocycles. The van der Waals surface area contributed by atoms with Crippen LogP contribution in [-0.2, 0) is 0 Å². The minimum Gasteiger partial charge on any atom is -0.289 e. The summed E-state index contributed by atoms with van der Waals surface area (Å²) in [4.78, 5) is 4.45. The summed E-state index contributed by atoms with van der Waals surface area (Å²) in [6, 6.07) is 7.79. The Bertz CT molecular complexity index is 323. The number of benzene rings is 1. The lowest BCUT2D eigenvalue weighted by Crippen LogP contribution is -1.97. The second kappa shape index (κ2) is 6.20. The van der Waals surface area contributed by atoms with Crippen LogP contribution in [0.5, 0.6) is 0 Å². The summed E-state index contributed by atoms with van der Waals surface area (Å²) < 4.78 is 0. The second-order valence-corrected chi connectivity index (χ2v) is 4.19. The lowest BCUT2D eigenvalue weighted by atomic mass is 10.1. The molecule has 1 rings (SSSR count). The van der Waals surface area contributed by atoms with Gasteiger partial charge in [0.25, 0.3) is 0 Å². The molecule has 3 heteroatoms. The second-order valence-electron chi connectivity index (χ2n) is 2.99. The molecule has 0 aromatic heterocycles. The quantitative estimate of drug-likeness (QED) is 0.448. The third-order valence-corrected chi connectivity index (χ3v) is 2.79. The van der Waals surface area contributed by atoms with Crippen molar-refractivity contribution in [2.24, 2.45) is 4.99 Å². The number of hydrogen-bond donors (Lipinski definition) is 0. The summed E-state index contributed by atoms with van der Waals surface area (Å²) in [6.45, 7) is 2.84. The van der Waals surface area contributed by atoms with Crippen LogP contribution < -0.4 is 0 Å². The molecule has 0 N–H and O–H groups in total. The van der Waals surface area contributed by atoms with Gasteiger partial charge in [0.15, 0.2) is 0 Å². The lowest BCUT2D eigenvalue weighted by Gasteiger charge is -2.02. The highest BCUT2D eigenvalue weighted by Gasteiger charge is 2.00. The topological polar surface area (TPSA) is 12.4 Å². The minimum absolute atomic E-state index is 0.771. The Labute approximate surface area is 98.3 Å². The van der Waals surface area contributed by atoms with E-state index in [9.17, 15) is 0 Å². The van der Waals surface area contributed by atoms with Crippen LogP contribution in [0.1, 0.15) is 18.9 Å². The molecule has 0 fully saturated rings. The lowest BCUT2D eigenvalue weighted by molar-refractivity contribution is 0.948. The van der Waals surface area contributed by atoms with E-state index >= 15 is 0 Å². The summed E-state index contributed by atoms with van der Waals surface area (Å²) in [5.74, 6) is 0. The normalized spacial score (nSPS) is 11.8. The number of rotatable bonds is 4. The Morgan fingerprint density at radius 1 is 1.43 bits per heavy atom. The molecule has 0 radical (unpaired) electrons. The maximum Gasteiger partial charge on any atom is 0.0496 e. The zero-order valence-corrected chi connectivity index (χ0v) is 10.5. The monoisotopic (exact) mass is 273 g/mol. The molecule has 0 unspecified atom stereocenters. The molecule has 14 heavy (non-hydrogen) atoms. The first-order valence-corrected chi connectivity index (χ1v) is 6.07. The number of aliphatic imine (C=N–C) groups is 1. The Hall–Kier alpha value is -0.340. The van der Waals surface area contributed by atoms with Gasteiger partial charge in [-0.15, -0.1) is 0 Å². The Kier molecular flexibility index (Phi) is 5.20. The molecular weight excluding hydrogens is 261 g/mol. The molecule has 0 atom stereocenters. The van der Waals surface area contributed by atoms with E-state index in [2.05, 4.69) is 20.9 Å². The largest absolute Gasteiger partial charge is 0.289 e. The van der Waals surface area contributed by atoms with Gasteiger partial charge in [-0.2, -0.15) is 0 Å². The fourth-order valence-corrected chi connectivity index (χ4v) is 1.67. The molecule has 0 aliphatic carbocycles. The van der Waals surface area contributed by atoms with Crippen molar-refractivity contribution in [3.05, 3.63) is 34.9 Å². The SMILES string of the molecule is C/C(=N\CCCBr)c1ccccc1Cl. The zero-order valence-electron chi connectivity index (χ0n) is 8.13. The summed E-state index contributed by atoms with van der Waals surface area (Å²) in [5, 5.41) is 1.76. The number of nitrogens with zero attached hydrogens (tertiary/aromatic N) is 1. The first-order valence-electron chi connectivity index (χ1n) is 4.57. The highest BCUT2D eigenvalue weighted by molar-refractivity contribution is 9.09. The Balaban J connectivity index is 2.73. The molecule has 1 nitrogen and oxygen atoms in total. The van der Waals surface area contributed by atoms with E-state index < -0.39 is 0 Å². The molecule has 0 saturated carbocycles. The number of hydrogen-bond acceptors (Lipinski definition) is 1. The van der Waals surface area contributed by atoms with Gasteiger partial charge in [0, 0.05) is 28.2 Å². The first kappa shape index (κ1) is 11.7. The van der Waals surface area contributed by atoms with Crippen LogP contribution in [0.15, 0.2) is 29.3 Å². The Morgan fingerprint density at radius 3 is 2.79 bits per heavy atom. The van der Waals surface area contributed by atoms with E-state index in [4.69, 9.17) is 11.6 Å². The molecule has 0 saturated heterocycles. The molecule has 0 bridgehead atoms. The predicted octanol–water partition coefficient (Wildman–Crippen LogP) is 3.93. The van der Waals surface area contributed by atoms with Crippen LogP contribution in [0.2, 0.25) is 5.02 Å². The van der Waals surface area contributed by atoms with Crippen molar-refractivity contribution >= 4 is 33.2 Å². The van der Waals surface area contributed by atoms with Crippen molar-refractivity contribution in [3.63, 3.8) is 0 Å². The van der Waals surface area contributed by atoms with E-state index in [-0.39, 0.29) is 0 Å². The van der Waals surface area contributed by atoms with Crippen molar-refractivity contribution < 1.29 is 0 Å². The highest BCUT2D eigenvalue weighted by atomic mass is 79.9.